The third-order valence-corrected chi connectivity index (χ3v) is 1.90. The summed E-state index contributed by atoms with van der Waals surface area (Å²) < 4.78 is 9.52. The highest BCUT2D eigenvalue weighted by atomic mass is 16.5. The Morgan fingerprint density at radius 1 is 1.46 bits per heavy atom. The topological polar surface area (TPSA) is 47.6 Å². The molecule has 0 aromatic carbocycles. The normalized spacial score (nSPS) is 12.5. The molecule has 1 unspecified atom stereocenters. The number of hydrogen-bond donors (Lipinski definition) is 1. The molecular formula is C9H19NO3. The van der Waals surface area contributed by atoms with Crippen molar-refractivity contribution in [1.82, 2.24) is 5.32 Å². The molecule has 0 rings (SSSR count). The molecule has 0 saturated carbocycles. The van der Waals surface area contributed by atoms with Crippen LogP contribution in [-0.4, -0.2) is 39.9 Å². The number of hydrogen-bond acceptors (Lipinski definition) is 4. The SMILES string of the molecule is CCC(CNCCOC)C(=O)OC. The van der Waals surface area contributed by atoms with Crippen LogP contribution in [0.2, 0.25) is 0 Å². The summed E-state index contributed by atoms with van der Waals surface area (Å²) in [7, 11) is 3.07. The highest BCUT2D eigenvalue weighted by Crippen LogP contribution is 2.02. The Kier molecular flexibility index (Phi) is 7.63. The standard InChI is InChI=1S/C9H19NO3/c1-4-8(9(11)13-3)7-10-5-6-12-2/h8,10H,4-7H2,1-3H3. The fraction of sp³-hybridized carbons (Fsp3) is 0.889. The van der Waals surface area contributed by atoms with E-state index in [1.165, 1.54) is 7.11 Å². The van der Waals surface area contributed by atoms with Crippen LogP contribution in [0.25, 0.3) is 0 Å². The maximum absolute atomic E-state index is 11.1. The lowest BCUT2D eigenvalue weighted by molar-refractivity contribution is -0.145. The van der Waals surface area contributed by atoms with Crippen LogP contribution >= 0.6 is 0 Å². The number of rotatable bonds is 7. The molecule has 1 N–H and O–H groups in total. The highest BCUT2D eigenvalue weighted by molar-refractivity contribution is 5.72. The lowest BCUT2D eigenvalue weighted by atomic mass is 10.1. The molecule has 0 aromatic rings. The summed E-state index contributed by atoms with van der Waals surface area (Å²) >= 11 is 0. The van der Waals surface area contributed by atoms with Crippen molar-refractivity contribution in [1.29, 1.82) is 0 Å². The van der Waals surface area contributed by atoms with Crippen LogP contribution in [-0.2, 0) is 14.3 Å². The minimum atomic E-state index is -0.146. The third kappa shape index (κ3) is 5.60. The largest absolute Gasteiger partial charge is 0.469 e. The quantitative estimate of drug-likeness (QED) is 0.466. The van der Waals surface area contributed by atoms with Crippen molar-refractivity contribution in [2.75, 3.05) is 33.9 Å². The zero-order chi connectivity index (χ0) is 10.1. The zero-order valence-corrected chi connectivity index (χ0v) is 8.63. The van der Waals surface area contributed by atoms with Crippen LogP contribution in [0.3, 0.4) is 0 Å². The Morgan fingerprint density at radius 2 is 2.15 bits per heavy atom. The van der Waals surface area contributed by atoms with E-state index in [1.807, 2.05) is 6.92 Å². The fourth-order valence-corrected chi connectivity index (χ4v) is 1.01. The van der Waals surface area contributed by atoms with E-state index in [-0.39, 0.29) is 11.9 Å². The van der Waals surface area contributed by atoms with E-state index in [9.17, 15) is 4.79 Å². The molecule has 4 heteroatoms. The molecule has 0 aromatic heterocycles. The molecule has 0 aliphatic rings. The van der Waals surface area contributed by atoms with Crippen LogP contribution in [0, 0.1) is 5.92 Å². The van der Waals surface area contributed by atoms with Gasteiger partial charge < -0.3 is 14.8 Å². The molecular weight excluding hydrogens is 170 g/mol. The van der Waals surface area contributed by atoms with Gasteiger partial charge in [-0.2, -0.15) is 0 Å². The smallest absolute Gasteiger partial charge is 0.309 e. The van der Waals surface area contributed by atoms with Crippen LogP contribution < -0.4 is 5.32 Å². The molecule has 0 bridgehead atoms. The number of carbonyl (C=O) groups is 1. The molecule has 0 spiro atoms. The highest BCUT2D eigenvalue weighted by Gasteiger charge is 2.15. The average Bonchev–Trinajstić information content (AvgIpc) is 2.17. The van der Waals surface area contributed by atoms with Gasteiger partial charge in [0.2, 0.25) is 0 Å². The molecule has 0 aliphatic carbocycles. The molecule has 0 aliphatic heterocycles. The molecule has 0 heterocycles. The fourth-order valence-electron chi connectivity index (χ4n) is 1.01. The van der Waals surface area contributed by atoms with Gasteiger partial charge in [-0.15, -0.1) is 0 Å². The summed E-state index contributed by atoms with van der Waals surface area (Å²) in [6.45, 7) is 4.06. The van der Waals surface area contributed by atoms with E-state index in [2.05, 4.69) is 10.1 Å². The number of methoxy groups -OCH3 is 2. The first-order chi connectivity index (χ1) is 6.26. The number of esters is 1. The first-order valence-electron chi connectivity index (χ1n) is 4.53. The third-order valence-electron chi connectivity index (χ3n) is 1.90. The minimum Gasteiger partial charge on any atom is -0.469 e. The van der Waals surface area contributed by atoms with Gasteiger partial charge in [0.15, 0.2) is 0 Å². The van der Waals surface area contributed by atoms with Gasteiger partial charge in [-0.1, -0.05) is 6.92 Å². The van der Waals surface area contributed by atoms with E-state index in [0.717, 1.165) is 13.0 Å². The van der Waals surface area contributed by atoms with Crippen molar-refractivity contribution in [3.05, 3.63) is 0 Å². The zero-order valence-electron chi connectivity index (χ0n) is 8.63. The summed E-state index contributed by atoms with van der Waals surface area (Å²) in [6, 6.07) is 0. The average molecular weight is 189 g/mol. The van der Waals surface area contributed by atoms with Crippen molar-refractivity contribution in [3.8, 4) is 0 Å². The number of carbonyl (C=O) groups excluding carboxylic acids is 1. The first kappa shape index (κ1) is 12.4. The second kappa shape index (κ2) is 8.01. The Morgan fingerprint density at radius 3 is 2.62 bits per heavy atom. The molecule has 0 radical (unpaired) electrons. The monoisotopic (exact) mass is 189 g/mol. The maximum Gasteiger partial charge on any atom is 0.309 e. The summed E-state index contributed by atoms with van der Waals surface area (Å²) in [5.41, 5.74) is 0. The Hall–Kier alpha value is -0.610. The van der Waals surface area contributed by atoms with Gasteiger partial charge in [-0.25, -0.2) is 0 Å². The molecule has 78 valence electrons. The summed E-state index contributed by atoms with van der Waals surface area (Å²) in [5, 5.41) is 3.13. The van der Waals surface area contributed by atoms with Crippen LogP contribution in [0.1, 0.15) is 13.3 Å². The minimum absolute atomic E-state index is 0.0399. The first-order valence-corrected chi connectivity index (χ1v) is 4.53. The van der Waals surface area contributed by atoms with E-state index in [0.29, 0.717) is 13.2 Å². The van der Waals surface area contributed by atoms with Crippen LogP contribution in [0.5, 0.6) is 0 Å². The lowest BCUT2D eigenvalue weighted by Gasteiger charge is -2.12. The summed E-state index contributed by atoms with van der Waals surface area (Å²) in [4.78, 5) is 11.1. The van der Waals surface area contributed by atoms with Gasteiger partial charge in [-0.3, -0.25) is 4.79 Å². The van der Waals surface area contributed by atoms with Crippen molar-refractivity contribution >= 4 is 5.97 Å². The lowest BCUT2D eigenvalue weighted by Crippen LogP contribution is -2.30. The van der Waals surface area contributed by atoms with Gasteiger partial charge in [0.25, 0.3) is 0 Å². The van der Waals surface area contributed by atoms with E-state index < -0.39 is 0 Å². The van der Waals surface area contributed by atoms with Gasteiger partial charge >= 0.3 is 5.97 Å². The van der Waals surface area contributed by atoms with Gasteiger partial charge in [0.05, 0.1) is 19.6 Å². The maximum atomic E-state index is 11.1. The van der Waals surface area contributed by atoms with Crippen molar-refractivity contribution in [2.45, 2.75) is 13.3 Å². The van der Waals surface area contributed by atoms with Crippen LogP contribution in [0.4, 0.5) is 0 Å². The van der Waals surface area contributed by atoms with Crippen molar-refractivity contribution in [3.63, 3.8) is 0 Å². The molecule has 1 atom stereocenters. The molecule has 0 saturated heterocycles. The predicted octanol–water partition coefficient (Wildman–Crippen LogP) is 0.422. The Bertz CT molecular complexity index is 139. The Labute approximate surface area is 79.6 Å². The molecule has 0 amide bonds. The van der Waals surface area contributed by atoms with Crippen molar-refractivity contribution < 1.29 is 14.3 Å². The summed E-state index contributed by atoms with van der Waals surface area (Å²) in [6.07, 6.45) is 0.798. The van der Waals surface area contributed by atoms with Gasteiger partial charge in [0, 0.05) is 20.2 Å². The number of nitrogens with one attached hydrogen (secondary N) is 1. The van der Waals surface area contributed by atoms with Gasteiger partial charge in [0.1, 0.15) is 0 Å². The number of ether oxygens (including phenoxy) is 2. The van der Waals surface area contributed by atoms with Gasteiger partial charge in [-0.05, 0) is 6.42 Å². The Balaban J connectivity index is 3.53. The van der Waals surface area contributed by atoms with Crippen molar-refractivity contribution in [2.24, 2.45) is 5.92 Å². The molecule has 0 fully saturated rings. The van der Waals surface area contributed by atoms with Crippen LogP contribution in [0.15, 0.2) is 0 Å². The molecule has 4 nitrogen and oxygen atoms in total. The molecule has 13 heavy (non-hydrogen) atoms. The van der Waals surface area contributed by atoms with E-state index in [4.69, 9.17) is 4.74 Å². The summed E-state index contributed by atoms with van der Waals surface area (Å²) in [5.74, 6) is -0.186. The van der Waals surface area contributed by atoms with E-state index in [1.54, 1.807) is 7.11 Å². The van der Waals surface area contributed by atoms with E-state index >= 15 is 0 Å². The predicted molar refractivity (Wildman–Crippen MR) is 50.5 cm³/mol. The second-order valence-electron chi connectivity index (χ2n) is 2.83. The second-order valence-corrected chi connectivity index (χ2v) is 2.83.